The molecule has 7 nitrogen and oxygen atoms in total. The van der Waals surface area contributed by atoms with E-state index in [4.69, 9.17) is 4.42 Å². The number of piperidine rings is 1. The van der Waals surface area contributed by atoms with Crippen LogP contribution in [0.4, 0.5) is 0 Å². The van der Waals surface area contributed by atoms with Crippen LogP contribution >= 0.6 is 0 Å². The van der Waals surface area contributed by atoms with Crippen LogP contribution in [0.2, 0.25) is 0 Å². The van der Waals surface area contributed by atoms with Crippen LogP contribution in [0.15, 0.2) is 28.7 Å². The molecule has 1 fully saturated rings. The quantitative estimate of drug-likeness (QED) is 0.724. The van der Waals surface area contributed by atoms with Gasteiger partial charge in [0.25, 0.3) is 5.91 Å². The molecule has 2 heterocycles. The molecule has 1 saturated heterocycles. The maximum absolute atomic E-state index is 12.9. The van der Waals surface area contributed by atoms with E-state index in [1.807, 2.05) is 6.92 Å². The topological polar surface area (TPSA) is 91.5 Å². The largest absolute Gasteiger partial charge is 0.424 e. The lowest BCUT2D eigenvalue weighted by atomic mass is 9.91. The molecule has 0 aliphatic carbocycles. The van der Waals surface area contributed by atoms with Gasteiger partial charge in [0, 0.05) is 26.1 Å². The first-order chi connectivity index (χ1) is 13.4. The van der Waals surface area contributed by atoms with Crippen molar-refractivity contribution in [2.24, 2.45) is 0 Å². The van der Waals surface area contributed by atoms with E-state index in [1.165, 1.54) is 5.56 Å². The summed E-state index contributed by atoms with van der Waals surface area (Å²) in [7, 11) is 0. The van der Waals surface area contributed by atoms with Gasteiger partial charge in [0.15, 0.2) is 5.60 Å². The molecular weight excluding hydrogens is 356 g/mol. The van der Waals surface area contributed by atoms with Crippen LogP contribution in [0.25, 0.3) is 0 Å². The van der Waals surface area contributed by atoms with E-state index in [1.54, 1.807) is 4.90 Å². The zero-order valence-corrected chi connectivity index (χ0v) is 16.9. The number of aryl methyl sites for hydroxylation is 1. The van der Waals surface area contributed by atoms with Crippen molar-refractivity contribution in [1.82, 2.24) is 20.4 Å². The first kappa shape index (κ1) is 20.5. The smallest absolute Gasteiger partial charge is 0.256 e. The molecule has 1 aliphatic heterocycles. The third-order valence-corrected chi connectivity index (χ3v) is 5.23. The average Bonchev–Trinajstić information content (AvgIpc) is 3.14. The van der Waals surface area contributed by atoms with Crippen molar-refractivity contribution < 1.29 is 14.3 Å². The Balaban J connectivity index is 1.57. The van der Waals surface area contributed by atoms with Crippen LogP contribution in [0, 0.1) is 0 Å². The minimum Gasteiger partial charge on any atom is -0.424 e. The molecule has 0 saturated carbocycles. The second-order valence-corrected chi connectivity index (χ2v) is 7.80. The molecule has 1 amide bonds. The second kappa shape index (κ2) is 8.84. The summed E-state index contributed by atoms with van der Waals surface area (Å²) in [6, 6.07) is 8.35. The third kappa shape index (κ3) is 4.77. The number of amides is 1. The highest BCUT2D eigenvalue weighted by atomic mass is 16.4. The monoisotopic (exact) mass is 386 g/mol. The lowest BCUT2D eigenvalue weighted by Gasteiger charge is -2.38. The number of hydrogen-bond acceptors (Lipinski definition) is 6. The standard InChI is InChI=1S/C21H30N4O3/c1-4-18-23-24-19(28-18)12-22-14-21(27)10-5-11-25(20(21)26)13-16-6-8-17(9-7-16)15(2)3/h6-9,15,22,27H,4-5,10-14H2,1-3H3/t21-/m0/s1. The fourth-order valence-electron chi connectivity index (χ4n) is 3.49. The molecule has 1 atom stereocenters. The van der Waals surface area contributed by atoms with Gasteiger partial charge < -0.3 is 19.7 Å². The van der Waals surface area contributed by atoms with Gasteiger partial charge in [-0.25, -0.2) is 0 Å². The number of aliphatic hydroxyl groups is 1. The molecule has 0 unspecified atom stereocenters. The first-order valence-corrected chi connectivity index (χ1v) is 10.0. The summed E-state index contributed by atoms with van der Waals surface area (Å²) in [5.74, 6) is 1.30. The second-order valence-electron chi connectivity index (χ2n) is 7.80. The van der Waals surface area contributed by atoms with Gasteiger partial charge in [0.2, 0.25) is 11.8 Å². The minimum atomic E-state index is -1.40. The number of hydrogen-bond donors (Lipinski definition) is 2. The summed E-state index contributed by atoms with van der Waals surface area (Å²) in [6.45, 7) is 7.94. The fraction of sp³-hybridized carbons (Fsp3) is 0.571. The zero-order chi connectivity index (χ0) is 20.1. The van der Waals surface area contributed by atoms with Crippen LogP contribution in [0.5, 0.6) is 0 Å². The summed E-state index contributed by atoms with van der Waals surface area (Å²) in [4.78, 5) is 14.7. The van der Waals surface area contributed by atoms with Crippen molar-refractivity contribution in [3.05, 3.63) is 47.2 Å². The number of carbonyl (C=O) groups is 1. The minimum absolute atomic E-state index is 0.165. The van der Waals surface area contributed by atoms with Crippen molar-refractivity contribution in [3.63, 3.8) is 0 Å². The number of rotatable bonds is 8. The molecule has 2 aromatic rings. The Hall–Kier alpha value is -2.25. The van der Waals surface area contributed by atoms with Crippen molar-refractivity contribution in [2.75, 3.05) is 13.1 Å². The Morgan fingerprint density at radius 1 is 1.25 bits per heavy atom. The summed E-state index contributed by atoms with van der Waals surface area (Å²) in [5, 5.41) is 21.9. The molecule has 1 aromatic carbocycles. The van der Waals surface area contributed by atoms with Gasteiger partial charge in [-0.15, -0.1) is 10.2 Å². The van der Waals surface area contributed by atoms with Gasteiger partial charge in [-0.2, -0.15) is 0 Å². The Kier molecular flexibility index (Phi) is 6.46. The van der Waals surface area contributed by atoms with E-state index in [2.05, 4.69) is 53.6 Å². The predicted octanol–water partition coefficient (Wildman–Crippen LogP) is 2.40. The summed E-state index contributed by atoms with van der Waals surface area (Å²) >= 11 is 0. The van der Waals surface area contributed by atoms with E-state index >= 15 is 0 Å². The summed E-state index contributed by atoms with van der Waals surface area (Å²) < 4.78 is 5.45. The molecule has 7 heteroatoms. The summed E-state index contributed by atoms with van der Waals surface area (Å²) in [6.07, 6.45) is 1.91. The number of aromatic nitrogens is 2. The fourth-order valence-corrected chi connectivity index (χ4v) is 3.49. The van der Waals surface area contributed by atoms with Crippen LogP contribution in [-0.2, 0) is 24.3 Å². The third-order valence-electron chi connectivity index (χ3n) is 5.23. The van der Waals surface area contributed by atoms with Crippen LogP contribution in [0.3, 0.4) is 0 Å². The molecule has 28 heavy (non-hydrogen) atoms. The Bertz CT molecular complexity index is 787. The maximum atomic E-state index is 12.9. The van der Waals surface area contributed by atoms with E-state index in [0.717, 1.165) is 12.0 Å². The van der Waals surface area contributed by atoms with E-state index in [-0.39, 0.29) is 12.5 Å². The van der Waals surface area contributed by atoms with Crippen molar-refractivity contribution >= 4 is 5.91 Å². The highest BCUT2D eigenvalue weighted by Crippen LogP contribution is 2.24. The van der Waals surface area contributed by atoms with Gasteiger partial charge in [0.1, 0.15) is 0 Å². The van der Waals surface area contributed by atoms with Crippen molar-refractivity contribution in [1.29, 1.82) is 0 Å². The molecule has 152 valence electrons. The van der Waals surface area contributed by atoms with Gasteiger partial charge in [0.05, 0.1) is 6.54 Å². The molecule has 1 aromatic heterocycles. The van der Waals surface area contributed by atoms with Gasteiger partial charge in [-0.3, -0.25) is 4.79 Å². The molecule has 0 bridgehead atoms. The Morgan fingerprint density at radius 3 is 2.61 bits per heavy atom. The van der Waals surface area contributed by atoms with Gasteiger partial charge >= 0.3 is 0 Å². The highest BCUT2D eigenvalue weighted by molar-refractivity contribution is 5.86. The lowest BCUT2D eigenvalue weighted by Crippen LogP contribution is -2.57. The number of nitrogens with one attached hydrogen (secondary N) is 1. The zero-order valence-electron chi connectivity index (χ0n) is 16.9. The molecule has 2 N–H and O–H groups in total. The van der Waals surface area contributed by atoms with Gasteiger partial charge in [-0.1, -0.05) is 45.0 Å². The number of carbonyl (C=O) groups excluding carboxylic acids is 1. The number of nitrogens with zero attached hydrogens (tertiary/aromatic N) is 3. The van der Waals surface area contributed by atoms with E-state index in [9.17, 15) is 9.90 Å². The molecule has 1 aliphatic rings. The first-order valence-electron chi connectivity index (χ1n) is 10.0. The van der Waals surface area contributed by atoms with Crippen LogP contribution in [0.1, 0.15) is 62.4 Å². The molecule has 0 spiro atoms. The Labute approximate surface area is 166 Å². The van der Waals surface area contributed by atoms with Gasteiger partial charge in [-0.05, 0) is 29.9 Å². The molecular formula is C21H30N4O3. The number of likely N-dealkylation sites (tertiary alicyclic amines) is 1. The Morgan fingerprint density at radius 2 is 1.96 bits per heavy atom. The molecule has 0 radical (unpaired) electrons. The van der Waals surface area contributed by atoms with E-state index in [0.29, 0.717) is 50.2 Å². The van der Waals surface area contributed by atoms with Crippen molar-refractivity contribution in [3.8, 4) is 0 Å². The molecule has 3 rings (SSSR count). The van der Waals surface area contributed by atoms with Crippen LogP contribution in [-0.4, -0.2) is 44.8 Å². The maximum Gasteiger partial charge on any atom is 0.256 e. The normalized spacial score (nSPS) is 20.2. The van der Waals surface area contributed by atoms with E-state index < -0.39 is 5.60 Å². The lowest BCUT2D eigenvalue weighted by molar-refractivity contribution is -0.157. The average molecular weight is 386 g/mol. The highest BCUT2D eigenvalue weighted by Gasteiger charge is 2.41. The SMILES string of the molecule is CCc1nnc(CNC[C@@]2(O)CCCN(Cc3ccc(C(C)C)cc3)C2=O)o1. The number of benzene rings is 1. The van der Waals surface area contributed by atoms with Crippen molar-refractivity contribution in [2.45, 2.75) is 64.6 Å². The van der Waals surface area contributed by atoms with Crippen LogP contribution < -0.4 is 5.32 Å². The summed E-state index contributed by atoms with van der Waals surface area (Å²) in [5.41, 5.74) is 0.957. The predicted molar refractivity (Wildman–Crippen MR) is 106 cm³/mol.